The second-order valence-corrected chi connectivity index (χ2v) is 14.9. The third-order valence-electron chi connectivity index (χ3n) is 11.7. The predicted molar refractivity (Wildman–Crippen MR) is 200 cm³/mol. The molecule has 1 spiro atoms. The van der Waals surface area contributed by atoms with E-state index >= 15 is 0 Å². The number of rotatable bonds is 5. The minimum absolute atomic E-state index is 0.155. The molecular weight excluding hydrogens is 615 g/mol. The molecule has 0 atom stereocenters. The minimum Gasteiger partial charge on any atom is -0.507 e. The molecule has 5 nitrogen and oxygen atoms in total. The zero-order valence-electron chi connectivity index (χ0n) is 28.1. The summed E-state index contributed by atoms with van der Waals surface area (Å²) in [5.74, 6) is 2.95. The van der Waals surface area contributed by atoms with E-state index in [1.807, 2.05) is 48.7 Å². The zero-order valence-corrected chi connectivity index (χ0v) is 28.1. The van der Waals surface area contributed by atoms with Crippen LogP contribution in [0.4, 0.5) is 0 Å². The zero-order chi connectivity index (χ0) is 33.2. The van der Waals surface area contributed by atoms with Gasteiger partial charge >= 0.3 is 0 Å². The van der Waals surface area contributed by atoms with Crippen LogP contribution in [0.15, 0.2) is 115 Å². The smallest absolute Gasteiger partial charge is 0.221 e. The number of ether oxygens (including phenoxy) is 1. The normalized spacial score (nSPS) is 16.6. The standard InChI is InChI=1S/C45H39N3O2/c49-41-16-7-6-14-35(41)37-24-34(22-33-27-45(28-39(33)37)25-31-12-4-5-13-32(31)26-45)50-43-18-8-17-42(47-43)48-40-20-19-30(29-10-2-1-3-11-29)23-38(40)36-15-9-21-46-44(36)48/h4-9,12-24,29,49H,1-3,10-11,25-28H2. The van der Waals surface area contributed by atoms with Crippen molar-refractivity contribution in [1.29, 1.82) is 0 Å². The van der Waals surface area contributed by atoms with E-state index in [0.29, 0.717) is 11.8 Å². The Balaban J connectivity index is 1.03. The van der Waals surface area contributed by atoms with Crippen LogP contribution in [-0.2, 0) is 25.7 Å². The quantitative estimate of drug-likeness (QED) is 0.201. The molecule has 3 heterocycles. The minimum atomic E-state index is 0.155. The summed E-state index contributed by atoms with van der Waals surface area (Å²) in [4.78, 5) is 9.94. The van der Waals surface area contributed by atoms with E-state index in [-0.39, 0.29) is 11.2 Å². The molecule has 4 aromatic carbocycles. The number of hydrogen-bond donors (Lipinski definition) is 1. The number of nitrogens with zero attached hydrogens (tertiary/aromatic N) is 3. The summed E-state index contributed by atoms with van der Waals surface area (Å²) in [6, 6.07) is 38.0. The van der Waals surface area contributed by atoms with E-state index < -0.39 is 0 Å². The fourth-order valence-corrected chi connectivity index (χ4v) is 9.43. The van der Waals surface area contributed by atoms with Gasteiger partial charge in [-0.3, -0.25) is 4.57 Å². The molecule has 50 heavy (non-hydrogen) atoms. The Hall–Kier alpha value is -5.42. The largest absolute Gasteiger partial charge is 0.507 e. The first-order chi connectivity index (χ1) is 24.6. The summed E-state index contributed by atoms with van der Waals surface area (Å²) < 4.78 is 8.82. The van der Waals surface area contributed by atoms with Crippen molar-refractivity contribution in [3.8, 4) is 34.3 Å². The van der Waals surface area contributed by atoms with Gasteiger partial charge in [-0.1, -0.05) is 73.9 Å². The van der Waals surface area contributed by atoms with E-state index in [1.165, 1.54) is 65.3 Å². The van der Waals surface area contributed by atoms with Crippen LogP contribution in [0.5, 0.6) is 17.4 Å². The lowest BCUT2D eigenvalue weighted by atomic mass is 9.81. The highest BCUT2D eigenvalue weighted by Crippen LogP contribution is 2.51. The van der Waals surface area contributed by atoms with E-state index in [2.05, 4.69) is 65.2 Å². The van der Waals surface area contributed by atoms with Crippen molar-refractivity contribution in [2.45, 2.75) is 63.7 Å². The summed E-state index contributed by atoms with van der Waals surface area (Å²) in [6.45, 7) is 0. The summed E-state index contributed by atoms with van der Waals surface area (Å²) in [5, 5.41) is 13.4. The molecule has 7 aromatic rings. The molecule has 10 rings (SSSR count). The van der Waals surface area contributed by atoms with Gasteiger partial charge in [-0.25, -0.2) is 4.98 Å². The fourth-order valence-electron chi connectivity index (χ4n) is 9.43. The second-order valence-electron chi connectivity index (χ2n) is 14.9. The van der Waals surface area contributed by atoms with E-state index in [0.717, 1.165) is 64.9 Å². The molecule has 5 heteroatoms. The van der Waals surface area contributed by atoms with Gasteiger partial charge in [0.25, 0.3) is 0 Å². The molecule has 0 saturated heterocycles. The molecule has 246 valence electrons. The van der Waals surface area contributed by atoms with Gasteiger partial charge in [0.15, 0.2) is 0 Å². The van der Waals surface area contributed by atoms with Crippen molar-refractivity contribution in [1.82, 2.24) is 14.5 Å². The number of hydrogen-bond acceptors (Lipinski definition) is 4. The SMILES string of the molecule is Oc1ccccc1-c1cc(Oc2cccc(-n3c4ccc(C5CCCCC5)cc4c4cccnc43)n2)cc2c1CC1(Cc3ccccc3C1)C2. The number of phenolic OH excluding ortho intramolecular Hbond substituents is 1. The molecule has 1 N–H and O–H groups in total. The van der Waals surface area contributed by atoms with E-state index in [9.17, 15) is 5.11 Å². The van der Waals surface area contributed by atoms with Crippen LogP contribution in [0.3, 0.4) is 0 Å². The van der Waals surface area contributed by atoms with Crippen LogP contribution in [0.2, 0.25) is 0 Å². The molecule has 0 amide bonds. The van der Waals surface area contributed by atoms with Gasteiger partial charge < -0.3 is 9.84 Å². The molecule has 0 radical (unpaired) electrons. The van der Waals surface area contributed by atoms with Crippen molar-refractivity contribution < 1.29 is 9.84 Å². The van der Waals surface area contributed by atoms with E-state index in [4.69, 9.17) is 14.7 Å². The number of pyridine rings is 2. The first-order valence-corrected chi connectivity index (χ1v) is 18.2. The highest BCUT2D eigenvalue weighted by atomic mass is 16.5. The van der Waals surface area contributed by atoms with Gasteiger partial charge in [-0.2, -0.15) is 4.98 Å². The monoisotopic (exact) mass is 653 g/mol. The number of para-hydroxylation sites is 1. The average Bonchev–Trinajstić information content (AvgIpc) is 3.81. The number of fused-ring (bicyclic) bond motifs is 5. The third-order valence-corrected chi connectivity index (χ3v) is 11.7. The summed E-state index contributed by atoms with van der Waals surface area (Å²) >= 11 is 0. The first kappa shape index (κ1) is 29.5. The lowest BCUT2D eigenvalue weighted by Crippen LogP contribution is -2.21. The Bertz CT molecular complexity index is 2410. The Morgan fingerprint density at radius 3 is 2.32 bits per heavy atom. The maximum Gasteiger partial charge on any atom is 0.221 e. The predicted octanol–water partition coefficient (Wildman–Crippen LogP) is 10.7. The second kappa shape index (κ2) is 11.6. The highest BCUT2D eigenvalue weighted by Gasteiger charge is 2.43. The summed E-state index contributed by atoms with van der Waals surface area (Å²) in [5.41, 5.74) is 11.0. The molecule has 3 aliphatic rings. The van der Waals surface area contributed by atoms with Gasteiger partial charge in [0.1, 0.15) is 23.0 Å². The number of aromatic nitrogens is 3. The van der Waals surface area contributed by atoms with Gasteiger partial charge in [0.05, 0.1) is 5.52 Å². The Labute approximate surface area is 292 Å². The first-order valence-electron chi connectivity index (χ1n) is 18.2. The lowest BCUT2D eigenvalue weighted by molar-refractivity contribution is 0.326. The molecule has 0 aliphatic heterocycles. The maximum absolute atomic E-state index is 11.0. The van der Waals surface area contributed by atoms with Gasteiger partial charge in [-0.15, -0.1) is 0 Å². The van der Waals surface area contributed by atoms with Crippen molar-refractivity contribution in [2.75, 3.05) is 0 Å². The van der Waals surface area contributed by atoms with Gasteiger partial charge in [-0.05, 0) is 132 Å². The van der Waals surface area contributed by atoms with Crippen LogP contribution in [0.25, 0.3) is 38.9 Å². The van der Waals surface area contributed by atoms with Crippen LogP contribution >= 0.6 is 0 Å². The fraction of sp³-hybridized carbons (Fsp3) is 0.244. The van der Waals surface area contributed by atoms with Crippen molar-refractivity contribution in [3.63, 3.8) is 0 Å². The Morgan fingerprint density at radius 1 is 0.680 bits per heavy atom. The van der Waals surface area contributed by atoms with Crippen LogP contribution in [-0.4, -0.2) is 19.6 Å². The molecular formula is C45H39N3O2. The highest BCUT2D eigenvalue weighted by molar-refractivity contribution is 6.08. The van der Waals surface area contributed by atoms with Gasteiger partial charge in [0, 0.05) is 28.6 Å². The topological polar surface area (TPSA) is 60.2 Å². The van der Waals surface area contributed by atoms with Crippen LogP contribution < -0.4 is 4.74 Å². The van der Waals surface area contributed by atoms with Crippen molar-refractivity contribution in [2.24, 2.45) is 5.41 Å². The number of phenols is 1. The van der Waals surface area contributed by atoms with Gasteiger partial charge in [0.2, 0.25) is 5.88 Å². The summed E-state index contributed by atoms with van der Waals surface area (Å²) in [6.07, 6.45) is 12.5. The van der Waals surface area contributed by atoms with Crippen molar-refractivity contribution in [3.05, 3.63) is 143 Å². The molecule has 3 aromatic heterocycles. The number of aromatic hydroxyl groups is 1. The third kappa shape index (κ3) is 4.90. The Morgan fingerprint density at radius 2 is 1.48 bits per heavy atom. The summed E-state index contributed by atoms with van der Waals surface area (Å²) in [7, 11) is 0. The molecule has 1 fully saturated rings. The van der Waals surface area contributed by atoms with Crippen molar-refractivity contribution >= 4 is 21.9 Å². The maximum atomic E-state index is 11.0. The average molecular weight is 654 g/mol. The number of benzene rings is 4. The molecule has 0 unspecified atom stereocenters. The molecule has 0 bridgehead atoms. The molecule has 1 saturated carbocycles. The Kier molecular flexibility index (Phi) is 6.83. The van der Waals surface area contributed by atoms with Crippen LogP contribution in [0.1, 0.15) is 65.8 Å². The van der Waals surface area contributed by atoms with E-state index in [1.54, 1.807) is 6.07 Å². The molecule has 3 aliphatic carbocycles. The van der Waals surface area contributed by atoms with Crippen LogP contribution in [0, 0.1) is 5.41 Å². The lowest BCUT2D eigenvalue weighted by Gasteiger charge is -2.22.